The Balaban J connectivity index is 2.83. The molecular weight excluding hydrogens is 362 g/mol. The Bertz CT molecular complexity index is 594. The lowest BCUT2D eigenvalue weighted by atomic mass is 10.5. The monoisotopic (exact) mass is 373 g/mol. The van der Waals surface area contributed by atoms with Gasteiger partial charge in [0.2, 0.25) is 15.8 Å². The van der Waals surface area contributed by atoms with Crippen LogP contribution in [0.5, 0.6) is 0 Å². The summed E-state index contributed by atoms with van der Waals surface area (Å²) >= 11 is 2.85. The Hall–Kier alpha value is -0.710. The van der Waals surface area contributed by atoms with Crippen molar-refractivity contribution in [2.24, 2.45) is 0 Å². The number of aromatic carboxylic acids is 1. The molecule has 0 saturated heterocycles. The molecule has 1 heterocycles. The number of nitrogens with one attached hydrogen (secondary N) is 1. The van der Waals surface area contributed by atoms with E-state index in [-0.39, 0.29) is 21.9 Å². The third-order valence-corrected chi connectivity index (χ3v) is 5.72. The van der Waals surface area contributed by atoms with Crippen molar-refractivity contribution < 1.29 is 26.9 Å². The van der Waals surface area contributed by atoms with Crippen LogP contribution in [0.25, 0.3) is 0 Å². The zero-order valence-corrected chi connectivity index (χ0v) is 13.1. The highest BCUT2D eigenvalue weighted by Crippen LogP contribution is 2.25. The lowest BCUT2D eigenvalue weighted by Crippen LogP contribution is -2.28. The summed E-state index contributed by atoms with van der Waals surface area (Å²) in [5.41, 5.74) is 0. The molecule has 1 aromatic heterocycles. The topological polar surface area (TPSA) is 114 Å². The highest BCUT2D eigenvalue weighted by Gasteiger charge is 2.24. The van der Waals surface area contributed by atoms with Gasteiger partial charge in [-0.2, -0.15) is 0 Å². The van der Waals surface area contributed by atoms with Gasteiger partial charge in [-0.1, -0.05) is 6.92 Å². The van der Waals surface area contributed by atoms with Crippen LogP contribution in [0.15, 0.2) is 20.0 Å². The second-order valence-corrected chi connectivity index (χ2v) is 7.71. The molecule has 19 heavy (non-hydrogen) atoms. The molecule has 0 radical (unpaired) electrons. The van der Waals surface area contributed by atoms with E-state index in [2.05, 4.69) is 20.7 Å². The maximum absolute atomic E-state index is 11.9. The molecule has 1 rings (SSSR count). The fourth-order valence-electron chi connectivity index (χ4n) is 1.15. The van der Waals surface area contributed by atoms with Crippen molar-refractivity contribution in [1.29, 1.82) is 0 Å². The fourth-order valence-corrected chi connectivity index (χ4v) is 3.87. The van der Waals surface area contributed by atoms with Gasteiger partial charge < -0.3 is 9.52 Å². The van der Waals surface area contributed by atoms with Gasteiger partial charge in [-0.15, -0.1) is 0 Å². The van der Waals surface area contributed by atoms with Crippen LogP contribution in [0.3, 0.4) is 0 Å². The number of rotatable bonds is 7. The molecule has 0 aliphatic rings. The van der Waals surface area contributed by atoms with Crippen molar-refractivity contribution in [3.63, 3.8) is 0 Å². The fraction of sp³-hybridized carbons (Fsp3) is 0.444. The van der Waals surface area contributed by atoms with E-state index in [1.165, 1.54) is 0 Å². The number of carbonyl (C=O) groups is 1. The van der Waals surface area contributed by atoms with E-state index in [4.69, 9.17) is 9.52 Å². The van der Waals surface area contributed by atoms with Gasteiger partial charge in [0.25, 0.3) is 0 Å². The van der Waals surface area contributed by atoms with E-state index >= 15 is 0 Å². The van der Waals surface area contributed by atoms with Crippen molar-refractivity contribution in [2.45, 2.75) is 11.8 Å². The van der Waals surface area contributed by atoms with E-state index in [1.54, 1.807) is 6.92 Å². The second kappa shape index (κ2) is 6.64. The average Bonchev–Trinajstić information content (AvgIpc) is 2.71. The smallest absolute Gasteiger partial charge is 0.371 e. The van der Waals surface area contributed by atoms with E-state index in [0.717, 1.165) is 6.07 Å². The summed E-state index contributed by atoms with van der Waals surface area (Å²) in [6.07, 6.45) is 0. The predicted molar refractivity (Wildman–Crippen MR) is 72.1 cm³/mol. The Morgan fingerprint density at radius 3 is 2.68 bits per heavy atom. The van der Waals surface area contributed by atoms with Gasteiger partial charge in [0.1, 0.15) is 4.90 Å². The number of halogens is 1. The molecule has 0 aliphatic carbocycles. The van der Waals surface area contributed by atoms with Crippen LogP contribution in [0.2, 0.25) is 0 Å². The van der Waals surface area contributed by atoms with Crippen LogP contribution in [-0.2, 0) is 20.8 Å². The summed E-state index contributed by atoms with van der Waals surface area (Å²) in [6, 6.07) is 0.908. The van der Waals surface area contributed by atoms with Crippen LogP contribution in [0.1, 0.15) is 17.5 Å². The van der Waals surface area contributed by atoms with Crippen molar-refractivity contribution in [3.05, 3.63) is 16.5 Å². The number of hydrogen-bond donors (Lipinski definition) is 2. The minimum absolute atomic E-state index is 0.00279. The number of furan rings is 1. The summed E-state index contributed by atoms with van der Waals surface area (Å²) in [7, 11) is -4.98. The zero-order valence-electron chi connectivity index (χ0n) is 9.88. The number of sulfonamides is 1. The van der Waals surface area contributed by atoms with E-state index in [0.29, 0.717) is 5.75 Å². The van der Waals surface area contributed by atoms with Gasteiger partial charge in [0.15, 0.2) is 4.67 Å². The average molecular weight is 374 g/mol. The molecule has 2 N–H and O–H groups in total. The summed E-state index contributed by atoms with van der Waals surface area (Å²) in [6.45, 7) is 1.74. The number of hydrogen-bond acceptors (Lipinski definition) is 5. The molecule has 1 unspecified atom stereocenters. The van der Waals surface area contributed by atoms with Gasteiger partial charge in [0.05, 0.1) is 0 Å². The minimum Gasteiger partial charge on any atom is -0.475 e. The summed E-state index contributed by atoms with van der Waals surface area (Å²) in [5.74, 6) is -1.21. The van der Waals surface area contributed by atoms with Gasteiger partial charge >= 0.3 is 5.97 Å². The first-order valence-corrected chi connectivity index (χ1v) is 8.91. The first-order valence-electron chi connectivity index (χ1n) is 5.15. The molecule has 108 valence electrons. The van der Waals surface area contributed by atoms with Crippen molar-refractivity contribution in [1.82, 2.24) is 4.72 Å². The third-order valence-electron chi connectivity index (χ3n) is 2.10. The van der Waals surface area contributed by atoms with Crippen LogP contribution in [0.4, 0.5) is 0 Å². The molecule has 0 fully saturated rings. The normalized spacial score (nSPS) is 13.4. The molecule has 0 bridgehead atoms. The van der Waals surface area contributed by atoms with Crippen LogP contribution >= 0.6 is 15.9 Å². The standard InChI is InChI=1S/C9H12BrNO6S2/c1-2-18(14)4-3-11-19(15,16)7-5-6(9(12)13)17-8(7)10/h5,11H,2-4H2,1H3,(H,12,13). The lowest BCUT2D eigenvalue weighted by molar-refractivity contribution is 0.0661. The lowest BCUT2D eigenvalue weighted by Gasteiger charge is -2.04. The van der Waals surface area contributed by atoms with Gasteiger partial charge in [-0.3, -0.25) is 4.21 Å². The SMILES string of the molecule is CCS(=O)CCNS(=O)(=O)c1cc(C(=O)O)oc1Br. The molecular formula is C9H12BrNO6S2. The molecule has 0 saturated carbocycles. The van der Waals surface area contributed by atoms with Crippen molar-refractivity contribution >= 4 is 42.7 Å². The number of carboxylic acids is 1. The molecule has 10 heteroatoms. The molecule has 7 nitrogen and oxygen atoms in total. The van der Waals surface area contributed by atoms with Gasteiger partial charge in [-0.25, -0.2) is 17.9 Å². The highest BCUT2D eigenvalue weighted by molar-refractivity contribution is 9.10. The zero-order chi connectivity index (χ0) is 14.6. The number of carboxylic acid groups (broad SMARTS) is 1. The third kappa shape index (κ3) is 4.41. The van der Waals surface area contributed by atoms with E-state index in [9.17, 15) is 17.4 Å². The molecule has 1 atom stereocenters. The Labute approximate surface area is 121 Å². The Morgan fingerprint density at radius 2 is 2.21 bits per heavy atom. The molecule has 0 spiro atoms. The first kappa shape index (κ1) is 16.3. The summed E-state index contributed by atoms with van der Waals surface area (Å²) in [5, 5.41) is 8.70. The predicted octanol–water partition coefficient (Wildman–Crippen LogP) is 0.787. The van der Waals surface area contributed by atoms with Crippen LogP contribution in [0, 0.1) is 0 Å². The summed E-state index contributed by atoms with van der Waals surface area (Å²) in [4.78, 5) is 10.4. The van der Waals surface area contributed by atoms with E-state index in [1.807, 2.05) is 0 Å². The quantitative estimate of drug-likeness (QED) is 0.729. The van der Waals surface area contributed by atoms with Crippen LogP contribution < -0.4 is 4.72 Å². The maximum atomic E-state index is 11.9. The van der Waals surface area contributed by atoms with Crippen molar-refractivity contribution in [3.8, 4) is 0 Å². The largest absolute Gasteiger partial charge is 0.475 e. The summed E-state index contributed by atoms with van der Waals surface area (Å²) < 4.78 is 41.7. The van der Waals surface area contributed by atoms with Gasteiger partial charge in [-0.05, 0) is 15.9 Å². The molecule has 0 aromatic carbocycles. The van der Waals surface area contributed by atoms with E-state index < -0.39 is 32.6 Å². The first-order chi connectivity index (χ1) is 8.77. The molecule has 0 amide bonds. The highest BCUT2D eigenvalue weighted by atomic mass is 79.9. The van der Waals surface area contributed by atoms with Gasteiger partial charge in [0, 0.05) is 34.9 Å². The van der Waals surface area contributed by atoms with Crippen LogP contribution in [-0.4, -0.2) is 41.8 Å². The Morgan fingerprint density at radius 1 is 1.58 bits per heavy atom. The molecule has 1 aromatic rings. The Kier molecular flexibility index (Phi) is 5.71. The van der Waals surface area contributed by atoms with Crippen molar-refractivity contribution in [2.75, 3.05) is 18.1 Å². The minimum atomic E-state index is -3.90. The maximum Gasteiger partial charge on any atom is 0.371 e. The molecule has 0 aliphatic heterocycles. The second-order valence-electron chi connectivity index (χ2n) is 3.38.